The van der Waals surface area contributed by atoms with Crippen LogP contribution in [0.2, 0.25) is 5.02 Å². The van der Waals surface area contributed by atoms with Gasteiger partial charge in [-0.3, -0.25) is 0 Å². The Morgan fingerprint density at radius 3 is 2.00 bits per heavy atom. The molecule has 0 saturated heterocycles. The number of carbonyl (C=O) groups excluding carboxylic acids is 1. The molecule has 3 aromatic rings. The van der Waals surface area contributed by atoms with Gasteiger partial charge in [0.15, 0.2) is 0 Å². The Kier molecular flexibility index (Phi) is 8.35. The lowest BCUT2D eigenvalue weighted by atomic mass is 10.0. The van der Waals surface area contributed by atoms with Crippen molar-refractivity contribution in [2.24, 2.45) is 0 Å². The van der Waals surface area contributed by atoms with Gasteiger partial charge in [0.1, 0.15) is 11.5 Å². The second-order valence-corrected chi connectivity index (χ2v) is 10.1. The summed E-state index contributed by atoms with van der Waals surface area (Å²) in [6.07, 6.45) is 6.95. The van der Waals surface area contributed by atoms with Gasteiger partial charge in [-0.2, -0.15) is 0 Å². The van der Waals surface area contributed by atoms with Gasteiger partial charge in [-0.05, 0) is 86.7 Å². The van der Waals surface area contributed by atoms with Crippen molar-refractivity contribution >= 4 is 23.3 Å². The van der Waals surface area contributed by atoms with E-state index in [1.165, 1.54) is 31.2 Å². The van der Waals surface area contributed by atoms with Gasteiger partial charge in [0.2, 0.25) is 0 Å². The number of amides is 2. The second-order valence-electron chi connectivity index (χ2n) is 9.68. The summed E-state index contributed by atoms with van der Waals surface area (Å²) in [6.45, 7) is 6.78. The molecule has 0 atom stereocenters. The van der Waals surface area contributed by atoms with Gasteiger partial charge in [0, 0.05) is 23.3 Å². The zero-order valence-corrected chi connectivity index (χ0v) is 21.7. The molecule has 184 valence electrons. The summed E-state index contributed by atoms with van der Waals surface area (Å²) >= 11 is 5.97. The molecule has 35 heavy (non-hydrogen) atoms. The summed E-state index contributed by atoms with van der Waals surface area (Å²) < 4.78 is 5.94. The van der Waals surface area contributed by atoms with Crippen LogP contribution in [0.5, 0.6) is 11.5 Å². The Balaban J connectivity index is 1.51. The van der Waals surface area contributed by atoms with Gasteiger partial charge in [0.25, 0.3) is 0 Å². The van der Waals surface area contributed by atoms with E-state index in [2.05, 4.69) is 38.2 Å². The first-order valence-corrected chi connectivity index (χ1v) is 12.9. The molecule has 1 aliphatic carbocycles. The highest BCUT2D eigenvalue weighted by atomic mass is 35.5. The van der Waals surface area contributed by atoms with Crippen LogP contribution in [-0.4, -0.2) is 17.0 Å². The molecule has 1 aliphatic rings. The number of carbonyl (C=O) groups is 1. The van der Waals surface area contributed by atoms with Crippen LogP contribution in [0, 0.1) is 20.8 Å². The minimum Gasteiger partial charge on any atom is -0.457 e. The van der Waals surface area contributed by atoms with Crippen molar-refractivity contribution in [3.8, 4) is 11.5 Å². The van der Waals surface area contributed by atoms with E-state index in [1.54, 1.807) is 0 Å². The van der Waals surface area contributed by atoms with E-state index in [0.717, 1.165) is 46.7 Å². The number of nitrogens with zero attached hydrogens (tertiary/aromatic N) is 1. The smallest absolute Gasteiger partial charge is 0.322 e. The fourth-order valence-electron chi connectivity index (χ4n) is 4.99. The second kappa shape index (κ2) is 11.6. The molecule has 3 aromatic carbocycles. The SMILES string of the molecule is Cc1cc(C)c(NC(=O)N(Cc2ccc(Oc3ccc(Cl)cc3)cc2)C2CCCCCC2)c(C)c1. The Morgan fingerprint density at radius 1 is 0.886 bits per heavy atom. The van der Waals surface area contributed by atoms with Gasteiger partial charge in [-0.1, -0.05) is 67.1 Å². The highest BCUT2D eigenvalue weighted by Crippen LogP contribution is 2.28. The predicted octanol–water partition coefficient (Wildman–Crippen LogP) is 8.81. The number of ether oxygens (including phenoxy) is 1. The number of anilines is 1. The van der Waals surface area contributed by atoms with E-state index >= 15 is 0 Å². The molecule has 0 aliphatic heterocycles. The van der Waals surface area contributed by atoms with Gasteiger partial charge in [-0.15, -0.1) is 0 Å². The summed E-state index contributed by atoms with van der Waals surface area (Å²) in [4.78, 5) is 15.7. The van der Waals surface area contributed by atoms with Crippen LogP contribution in [0.15, 0.2) is 60.7 Å². The van der Waals surface area contributed by atoms with Crippen LogP contribution < -0.4 is 10.1 Å². The molecule has 5 heteroatoms. The predicted molar refractivity (Wildman–Crippen MR) is 145 cm³/mol. The standard InChI is InChI=1S/C30H35ClN2O2/c1-21-18-22(2)29(23(3)19-21)32-30(34)33(26-8-6-4-5-7-9-26)20-24-10-14-27(15-11-24)35-28-16-12-25(31)13-17-28/h10-19,26H,4-9,20H2,1-3H3,(H,32,34). The lowest BCUT2D eigenvalue weighted by Crippen LogP contribution is -2.42. The summed E-state index contributed by atoms with van der Waals surface area (Å²) in [6, 6.07) is 19.8. The molecule has 0 unspecified atom stereocenters. The van der Waals surface area contributed by atoms with Crippen molar-refractivity contribution < 1.29 is 9.53 Å². The van der Waals surface area contributed by atoms with Gasteiger partial charge < -0.3 is 15.0 Å². The van der Waals surface area contributed by atoms with Crippen molar-refractivity contribution in [3.63, 3.8) is 0 Å². The summed E-state index contributed by atoms with van der Waals surface area (Å²) in [5.41, 5.74) is 5.41. The van der Waals surface area contributed by atoms with Crippen LogP contribution in [0.1, 0.15) is 60.8 Å². The summed E-state index contributed by atoms with van der Waals surface area (Å²) in [5.74, 6) is 1.50. The molecule has 0 aromatic heterocycles. The van der Waals surface area contributed by atoms with E-state index < -0.39 is 0 Å². The molecule has 1 fully saturated rings. The van der Waals surface area contributed by atoms with E-state index in [4.69, 9.17) is 16.3 Å². The van der Waals surface area contributed by atoms with Crippen molar-refractivity contribution in [1.29, 1.82) is 0 Å². The van der Waals surface area contributed by atoms with Crippen molar-refractivity contribution in [1.82, 2.24) is 4.90 Å². The van der Waals surface area contributed by atoms with Crippen LogP contribution >= 0.6 is 11.6 Å². The number of halogens is 1. The van der Waals surface area contributed by atoms with Crippen LogP contribution in [0.3, 0.4) is 0 Å². The first-order chi connectivity index (χ1) is 16.9. The minimum atomic E-state index is -0.0200. The molecule has 4 rings (SSSR count). The third kappa shape index (κ3) is 6.79. The monoisotopic (exact) mass is 490 g/mol. The maximum Gasteiger partial charge on any atom is 0.322 e. The zero-order valence-electron chi connectivity index (χ0n) is 20.9. The molecule has 1 saturated carbocycles. The molecule has 0 heterocycles. The van der Waals surface area contributed by atoms with Crippen molar-refractivity contribution in [2.45, 2.75) is 71.9 Å². The fraction of sp³-hybridized carbons (Fsp3) is 0.367. The number of benzene rings is 3. The van der Waals surface area contributed by atoms with Gasteiger partial charge in [-0.25, -0.2) is 4.79 Å². The fourth-order valence-corrected chi connectivity index (χ4v) is 5.12. The molecule has 0 bridgehead atoms. The number of hydrogen-bond donors (Lipinski definition) is 1. The molecule has 2 amide bonds. The number of hydrogen-bond acceptors (Lipinski definition) is 2. The lowest BCUT2D eigenvalue weighted by Gasteiger charge is -2.32. The Labute approximate surface area is 214 Å². The third-order valence-electron chi connectivity index (χ3n) is 6.76. The highest BCUT2D eigenvalue weighted by Gasteiger charge is 2.25. The summed E-state index contributed by atoms with van der Waals surface area (Å²) in [7, 11) is 0. The Hall–Kier alpha value is -2.98. The number of urea groups is 1. The summed E-state index contributed by atoms with van der Waals surface area (Å²) in [5, 5.41) is 3.92. The van der Waals surface area contributed by atoms with Crippen LogP contribution in [0.25, 0.3) is 0 Å². The Morgan fingerprint density at radius 2 is 1.43 bits per heavy atom. The minimum absolute atomic E-state index is 0.0200. The van der Waals surface area contributed by atoms with Gasteiger partial charge in [0.05, 0.1) is 0 Å². The zero-order chi connectivity index (χ0) is 24.8. The van der Waals surface area contributed by atoms with Crippen molar-refractivity contribution in [3.05, 3.63) is 87.9 Å². The van der Waals surface area contributed by atoms with E-state index in [1.807, 2.05) is 53.4 Å². The lowest BCUT2D eigenvalue weighted by molar-refractivity contribution is 0.175. The Bertz CT molecular complexity index is 1110. The molecule has 0 radical (unpaired) electrons. The maximum atomic E-state index is 13.6. The molecule has 1 N–H and O–H groups in total. The highest BCUT2D eigenvalue weighted by molar-refractivity contribution is 6.30. The number of rotatable bonds is 6. The quantitative estimate of drug-likeness (QED) is 0.350. The van der Waals surface area contributed by atoms with Crippen LogP contribution in [-0.2, 0) is 6.54 Å². The number of aryl methyl sites for hydroxylation is 3. The molecule has 0 spiro atoms. The average Bonchev–Trinajstić information content (AvgIpc) is 3.11. The normalized spacial score (nSPS) is 14.3. The maximum absolute atomic E-state index is 13.6. The molecule has 4 nitrogen and oxygen atoms in total. The van der Waals surface area contributed by atoms with Crippen molar-refractivity contribution in [2.75, 3.05) is 5.32 Å². The van der Waals surface area contributed by atoms with Crippen LogP contribution in [0.4, 0.5) is 10.5 Å². The molecular formula is C30H35ClN2O2. The van der Waals surface area contributed by atoms with Gasteiger partial charge >= 0.3 is 6.03 Å². The third-order valence-corrected chi connectivity index (χ3v) is 7.01. The van der Waals surface area contributed by atoms with E-state index in [9.17, 15) is 4.79 Å². The first-order valence-electron chi connectivity index (χ1n) is 12.6. The topological polar surface area (TPSA) is 41.6 Å². The van der Waals surface area contributed by atoms with E-state index in [-0.39, 0.29) is 12.1 Å². The largest absolute Gasteiger partial charge is 0.457 e. The average molecular weight is 491 g/mol. The first kappa shape index (κ1) is 25.1. The molecular weight excluding hydrogens is 456 g/mol. The van der Waals surface area contributed by atoms with E-state index in [0.29, 0.717) is 11.6 Å². The number of nitrogens with one attached hydrogen (secondary N) is 1.